The number of carbonyl (C=O) groups excluding carboxylic acids is 8. The number of amides is 7. The molecule has 11 N–H and O–H groups in total. The number of halogens is 1. The molecule has 410 valence electrons. The molecule has 25 heteroatoms. The van der Waals surface area contributed by atoms with Crippen LogP contribution in [-0.2, 0) is 35.3 Å². The Morgan fingerprint density at radius 1 is 0.883 bits per heavy atom. The van der Waals surface area contributed by atoms with Gasteiger partial charge < -0.3 is 48.2 Å². The van der Waals surface area contributed by atoms with Crippen molar-refractivity contribution >= 4 is 105 Å². The zero-order valence-electron chi connectivity index (χ0n) is 43.6. The first-order valence-corrected chi connectivity index (χ1v) is 26.9. The highest BCUT2D eigenvalue weighted by molar-refractivity contribution is 8.01. The van der Waals surface area contributed by atoms with Crippen LogP contribution in [0.1, 0.15) is 119 Å². The zero-order chi connectivity index (χ0) is 55.8. The number of fused-ring (bicyclic) bond motifs is 1. The maximum atomic E-state index is 13.5. The van der Waals surface area contributed by atoms with Gasteiger partial charge in [0.1, 0.15) is 24.2 Å². The van der Waals surface area contributed by atoms with E-state index in [0.717, 1.165) is 18.4 Å². The lowest BCUT2D eigenvalue weighted by Crippen LogP contribution is -2.53. The quantitative estimate of drug-likeness (QED) is 0.0182. The van der Waals surface area contributed by atoms with Crippen LogP contribution >= 0.6 is 23.4 Å². The van der Waals surface area contributed by atoms with E-state index in [1.54, 1.807) is 62.0 Å². The number of benzene rings is 3. The first-order chi connectivity index (χ1) is 36.9. The molecule has 1 saturated heterocycles. The Morgan fingerprint density at radius 2 is 1.62 bits per heavy atom. The number of thioether (sulfide) groups is 1. The summed E-state index contributed by atoms with van der Waals surface area (Å²) in [6.07, 6.45) is 5.05. The van der Waals surface area contributed by atoms with Crippen molar-refractivity contribution in [3.8, 4) is 11.4 Å². The van der Waals surface area contributed by atoms with E-state index in [1.807, 2.05) is 0 Å². The van der Waals surface area contributed by atoms with Gasteiger partial charge in [-0.2, -0.15) is 10.2 Å². The van der Waals surface area contributed by atoms with E-state index in [2.05, 4.69) is 76.3 Å². The van der Waals surface area contributed by atoms with Crippen molar-refractivity contribution in [1.82, 2.24) is 56.8 Å². The maximum Gasteiger partial charge on any atom is 0.252 e. The average Bonchev–Trinajstić information content (AvgIpc) is 4.04. The average molecular weight is 1100 g/mol. The van der Waals surface area contributed by atoms with Crippen molar-refractivity contribution in [3.05, 3.63) is 76.3 Å². The molecule has 1 fully saturated rings. The van der Waals surface area contributed by atoms with Crippen LogP contribution in [-0.4, -0.2) is 125 Å². The van der Waals surface area contributed by atoms with E-state index in [0.29, 0.717) is 77.5 Å². The van der Waals surface area contributed by atoms with Gasteiger partial charge >= 0.3 is 0 Å². The lowest BCUT2D eigenvalue weighted by Gasteiger charge is -2.24. The Bertz CT molecular complexity index is 2920. The van der Waals surface area contributed by atoms with Crippen molar-refractivity contribution < 1.29 is 38.4 Å². The first-order valence-electron chi connectivity index (χ1n) is 25.6. The second-order valence-electron chi connectivity index (χ2n) is 18.9. The SMILES string of the molecule is CCC(CC)SC1CC(=O)N(CCCCCC(=O)N[C@H](C(=O)N[C@@H](C)C(=O)Nc2ccc(C(=O)NCCC[C@@H](C=O)NC(=O)c3ccc(NCc4ccc5nc(N)nc(N)c5c4Cl)cc3)c(-c3nn[nH]n3)c2)C(C)C)C1=O. The third-order valence-corrected chi connectivity index (χ3v) is 15.1. The number of aromatic nitrogens is 6. The topological polar surface area (TPSA) is 344 Å². The number of hydrogen-bond donors (Lipinski definition) is 9. The minimum Gasteiger partial charge on any atom is -0.383 e. The van der Waals surface area contributed by atoms with Crippen LogP contribution in [0, 0.1) is 5.92 Å². The fourth-order valence-electron chi connectivity index (χ4n) is 8.51. The number of aldehydes is 1. The molecule has 6 rings (SSSR count). The highest BCUT2D eigenvalue weighted by Gasteiger charge is 2.39. The number of carbonyl (C=O) groups is 8. The minimum absolute atomic E-state index is 0.0472. The number of nitrogens with zero attached hydrogens (tertiary/aromatic N) is 6. The Labute approximate surface area is 454 Å². The van der Waals surface area contributed by atoms with Gasteiger partial charge in [0.15, 0.2) is 0 Å². The standard InChI is InChI=1S/C52H66ClN15O8S/c1-6-35(7-2)77-39-25-41(71)68(51(39)76)23-10-8-9-13-40(70)62-44(28(3)4)50(75)58-29(5)47(72)59-33-19-20-36(37(24-33)46-64-66-67-65-46)49(74)56-22-11-12-34(27-69)60-48(73)30-14-17-32(18-15-30)57-26-31-16-21-38-42(43(31)53)45(54)63-52(55)61-38/h14-21,24,27-29,34-35,39,44,57H,6-13,22-23,25-26H2,1-5H3,(H,56,74)(H,58,75)(H,59,72)(H,60,73)(H,62,70)(H4,54,55,61,63)(H,64,65,66,67)/t29-,34-,39?,44-/m0/s1. The lowest BCUT2D eigenvalue weighted by molar-refractivity contribution is -0.138. The van der Waals surface area contributed by atoms with Gasteiger partial charge in [-0.25, -0.2) is 4.98 Å². The zero-order valence-corrected chi connectivity index (χ0v) is 45.2. The molecule has 0 radical (unpaired) electrons. The molecule has 0 saturated carbocycles. The molecule has 77 heavy (non-hydrogen) atoms. The molecule has 1 unspecified atom stereocenters. The van der Waals surface area contributed by atoms with Gasteiger partial charge in [-0.3, -0.25) is 38.5 Å². The normalized spacial score (nSPS) is 14.5. The fraction of sp³-hybridized carbons (Fsp3) is 0.442. The third-order valence-electron chi connectivity index (χ3n) is 12.9. The van der Waals surface area contributed by atoms with E-state index in [4.69, 9.17) is 23.1 Å². The summed E-state index contributed by atoms with van der Waals surface area (Å²) >= 11 is 8.19. The van der Waals surface area contributed by atoms with E-state index in [-0.39, 0.29) is 89.1 Å². The van der Waals surface area contributed by atoms with Gasteiger partial charge in [-0.05, 0) is 111 Å². The smallest absolute Gasteiger partial charge is 0.252 e. The molecule has 0 bridgehead atoms. The van der Waals surface area contributed by atoms with Crippen LogP contribution in [0.15, 0.2) is 54.6 Å². The largest absolute Gasteiger partial charge is 0.383 e. The molecule has 2 aromatic heterocycles. The van der Waals surface area contributed by atoms with Crippen molar-refractivity contribution in [3.63, 3.8) is 0 Å². The van der Waals surface area contributed by atoms with E-state index in [9.17, 15) is 38.4 Å². The van der Waals surface area contributed by atoms with Crippen molar-refractivity contribution in [2.45, 2.75) is 128 Å². The van der Waals surface area contributed by atoms with Crippen LogP contribution < -0.4 is 43.4 Å². The summed E-state index contributed by atoms with van der Waals surface area (Å²) in [6.45, 7) is 9.97. The number of likely N-dealkylation sites (tertiary alicyclic amines) is 1. The number of nitrogen functional groups attached to an aromatic ring is 2. The Hall–Kier alpha value is -7.73. The molecule has 3 aromatic carbocycles. The van der Waals surface area contributed by atoms with Gasteiger partial charge in [0, 0.05) is 60.2 Å². The van der Waals surface area contributed by atoms with Gasteiger partial charge in [0.05, 0.1) is 32.8 Å². The fourth-order valence-corrected chi connectivity index (χ4v) is 10.2. The maximum absolute atomic E-state index is 13.5. The number of tetrazole rings is 1. The molecule has 7 amide bonds. The second-order valence-corrected chi connectivity index (χ2v) is 20.8. The first kappa shape index (κ1) is 58.5. The summed E-state index contributed by atoms with van der Waals surface area (Å²) in [6, 6.07) is 11.8. The van der Waals surface area contributed by atoms with Gasteiger partial charge in [-0.15, -0.1) is 22.0 Å². The van der Waals surface area contributed by atoms with Crippen LogP contribution in [0.2, 0.25) is 5.02 Å². The number of hydrogen-bond acceptors (Lipinski definition) is 17. The number of aromatic amines is 1. The van der Waals surface area contributed by atoms with Crippen LogP contribution in [0.5, 0.6) is 0 Å². The summed E-state index contributed by atoms with van der Waals surface area (Å²) in [4.78, 5) is 113. The summed E-state index contributed by atoms with van der Waals surface area (Å²) in [5.41, 5.74) is 14.7. The second kappa shape index (κ2) is 27.9. The molecule has 3 heterocycles. The van der Waals surface area contributed by atoms with Crippen molar-refractivity contribution in [2.24, 2.45) is 5.92 Å². The summed E-state index contributed by atoms with van der Waals surface area (Å²) in [7, 11) is 0. The Kier molecular flexibility index (Phi) is 21.2. The molecular weight excluding hydrogens is 1030 g/mol. The van der Waals surface area contributed by atoms with E-state index < -0.39 is 41.8 Å². The number of nitrogens with one attached hydrogen (secondary N) is 7. The summed E-state index contributed by atoms with van der Waals surface area (Å²) in [5.74, 6) is -2.78. The minimum atomic E-state index is -1.04. The van der Waals surface area contributed by atoms with Crippen LogP contribution in [0.3, 0.4) is 0 Å². The summed E-state index contributed by atoms with van der Waals surface area (Å²) in [5, 5.41) is 31.9. The van der Waals surface area contributed by atoms with E-state index in [1.165, 1.54) is 30.0 Å². The van der Waals surface area contributed by atoms with Crippen LogP contribution in [0.4, 0.5) is 23.1 Å². The molecule has 1 aliphatic heterocycles. The number of H-pyrrole nitrogens is 1. The van der Waals surface area contributed by atoms with Crippen molar-refractivity contribution in [2.75, 3.05) is 35.2 Å². The predicted octanol–water partition coefficient (Wildman–Crippen LogP) is 4.94. The number of nitrogens with two attached hydrogens (primary N) is 2. The summed E-state index contributed by atoms with van der Waals surface area (Å²) < 4.78 is 0. The number of anilines is 4. The molecule has 0 spiro atoms. The number of unbranched alkanes of at least 4 members (excludes halogenated alkanes) is 2. The van der Waals surface area contributed by atoms with Crippen molar-refractivity contribution in [1.29, 1.82) is 0 Å². The highest BCUT2D eigenvalue weighted by Crippen LogP contribution is 2.33. The molecule has 4 atom stereocenters. The number of imide groups is 1. The predicted molar refractivity (Wildman–Crippen MR) is 294 cm³/mol. The molecule has 1 aliphatic rings. The third kappa shape index (κ3) is 15.9. The Balaban J connectivity index is 0.928. The molecular formula is C52H66ClN15O8S. The Morgan fingerprint density at radius 3 is 2.31 bits per heavy atom. The molecule has 0 aliphatic carbocycles. The lowest BCUT2D eigenvalue weighted by atomic mass is 10.0. The molecule has 23 nitrogen and oxygen atoms in total. The molecule has 5 aromatic rings. The van der Waals surface area contributed by atoms with E-state index >= 15 is 0 Å². The number of rotatable bonds is 28. The monoisotopic (exact) mass is 1100 g/mol. The van der Waals surface area contributed by atoms with Gasteiger partial charge in [0.25, 0.3) is 11.8 Å². The van der Waals surface area contributed by atoms with Crippen LogP contribution in [0.25, 0.3) is 22.3 Å². The highest BCUT2D eigenvalue weighted by atomic mass is 35.5. The van der Waals surface area contributed by atoms with Gasteiger partial charge in [0.2, 0.25) is 41.3 Å². The van der Waals surface area contributed by atoms with Gasteiger partial charge in [-0.1, -0.05) is 51.8 Å².